The van der Waals surface area contributed by atoms with Gasteiger partial charge in [-0.05, 0) is 35.7 Å². The van der Waals surface area contributed by atoms with Gasteiger partial charge in [0.15, 0.2) is 0 Å². The van der Waals surface area contributed by atoms with Crippen molar-refractivity contribution in [1.82, 2.24) is 4.72 Å². The smallest absolute Gasteiger partial charge is 0.269 e. The van der Waals surface area contributed by atoms with Crippen molar-refractivity contribution < 1.29 is 23.2 Å². The highest BCUT2D eigenvalue weighted by molar-refractivity contribution is 7.89. The first-order valence-corrected chi connectivity index (χ1v) is 10.2. The number of methoxy groups -OCH3 is 1. The van der Waals surface area contributed by atoms with Crippen molar-refractivity contribution in [3.05, 3.63) is 64.2 Å². The van der Waals surface area contributed by atoms with Gasteiger partial charge in [-0.1, -0.05) is 26.0 Å². The summed E-state index contributed by atoms with van der Waals surface area (Å²) in [6.45, 7) is 3.59. The molecule has 0 bridgehead atoms. The number of hydrogen-bond donors (Lipinski definition) is 2. The van der Waals surface area contributed by atoms with Crippen molar-refractivity contribution in [2.45, 2.75) is 24.8 Å². The summed E-state index contributed by atoms with van der Waals surface area (Å²) in [5.74, 6) is 0.253. The molecular formula is C19H24N2O6S. The van der Waals surface area contributed by atoms with Gasteiger partial charge in [-0.25, -0.2) is 13.1 Å². The molecule has 152 valence electrons. The summed E-state index contributed by atoms with van der Waals surface area (Å²) >= 11 is 0. The lowest BCUT2D eigenvalue weighted by Crippen LogP contribution is -2.37. The first-order chi connectivity index (χ1) is 13.2. The predicted octanol–water partition coefficient (Wildman–Crippen LogP) is 2.89. The molecular weight excluding hydrogens is 384 g/mol. The normalized spacial score (nSPS) is 13.9. The van der Waals surface area contributed by atoms with Gasteiger partial charge in [0.05, 0.1) is 23.0 Å². The maximum Gasteiger partial charge on any atom is 0.269 e. The molecule has 0 unspecified atom stereocenters. The molecule has 0 aliphatic rings. The lowest BCUT2D eigenvalue weighted by atomic mass is 9.86. The molecule has 0 amide bonds. The highest BCUT2D eigenvalue weighted by atomic mass is 32.2. The van der Waals surface area contributed by atoms with Crippen LogP contribution in [0.3, 0.4) is 0 Å². The summed E-state index contributed by atoms with van der Waals surface area (Å²) < 4.78 is 33.5. The Morgan fingerprint density at radius 1 is 1.11 bits per heavy atom. The summed E-state index contributed by atoms with van der Waals surface area (Å²) in [5.41, 5.74) is 0.486. The fourth-order valence-corrected chi connectivity index (χ4v) is 4.17. The third kappa shape index (κ3) is 5.06. The molecule has 0 saturated carbocycles. The summed E-state index contributed by atoms with van der Waals surface area (Å²) in [4.78, 5) is 10.1. The Kier molecular flexibility index (Phi) is 7.11. The monoisotopic (exact) mass is 408 g/mol. The Morgan fingerprint density at radius 2 is 1.68 bits per heavy atom. The third-order valence-corrected chi connectivity index (χ3v) is 6.07. The van der Waals surface area contributed by atoms with Gasteiger partial charge in [0.2, 0.25) is 10.0 Å². The number of nitrogens with one attached hydrogen (secondary N) is 1. The second kappa shape index (κ2) is 9.13. The van der Waals surface area contributed by atoms with Crippen molar-refractivity contribution in [3.63, 3.8) is 0 Å². The minimum atomic E-state index is -3.97. The molecule has 2 N–H and O–H groups in total. The molecule has 0 fully saturated rings. The molecule has 2 aromatic carbocycles. The van der Waals surface area contributed by atoms with Crippen LogP contribution >= 0.6 is 0 Å². The van der Waals surface area contributed by atoms with Crippen LogP contribution < -0.4 is 9.46 Å². The molecule has 2 rings (SSSR count). The second-order valence-electron chi connectivity index (χ2n) is 6.71. The van der Waals surface area contributed by atoms with E-state index in [2.05, 4.69) is 4.72 Å². The number of ether oxygens (including phenoxy) is 1. The molecule has 0 heterocycles. The average Bonchev–Trinajstić information content (AvgIpc) is 2.67. The highest BCUT2D eigenvalue weighted by Crippen LogP contribution is 2.31. The number of sulfonamides is 1. The number of aliphatic hydroxyl groups excluding tert-OH is 1. The van der Waals surface area contributed by atoms with Crippen LogP contribution in [0.4, 0.5) is 5.69 Å². The first-order valence-electron chi connectivity index (χ1n) is 8.71. The highest BCUT2D eigenvalue weighted by Gasteiger charge is 2.30. The topological polar surface area (TPSA) is 119 Å². The van der Waals surface area contributed by atoms with Gasteiger partial charge in [0.1, 0.15) is 5.75 Å². The summed E-state index contributed by atoms with van der Waals surface area (Å²) in [5, 5.41) is 20.6. The van der Waals surface area contributed by atoms with Crippen LogP contribution in [0.5, 0.6) is 5.75 Å². The van der Waals surface area contributed by atoms with E-state index in [9.17, 15) is 23.6 Å². The third-order valence-electron chi connectivity index (χ3n) is 4.61. The van der Waals surface area contributed by atoms with Crippen LogP contribution in [0, 0.1) is 22.0 Å². The van der Waals surface area contributed by atoms with Crippen LogP contribution in [-0.2, 0) is 10.0 Å². The van der Waals surface area contributed by atoms with Gasteiger partial charge >= 0.3 is 0 Å². The van der Waals surface area contributed by atoms with E-state index >= 15 is 0 Å². The summed E-state index contributed by atoms with van der Waals surface area (Å²) in [7, 11) is -2.43. The molecule has 2 aromatic rings. The molecule has 0 spiro atoms. The van der Waals surface area contributed by atoms with Crippen molar-refractivity contribution in [1.29, 1.82) is 0 Å². The van der Waals surface area contributed by atoms with Crippen molar-refractivity contribution in [3.8, 4) is 5.75 Å². The molecule has 0 saturated heterocycles. The van der Waals surface area contributed by atoms with Gasteiger partial charge in [-0.15, -0.1) is 0 Å². The molecule has 8 nitrogen and oxygen atoms in total. The fourth-order valence-electron chi connectivity index (χ4n) is 2.90. The van der Waals surface area contributed by atoms with Crippen LogP contribution in [0.1, 0.15) is 25.5 Å². The van der Waals surface area contributed by atoms with Gasteiger partial charge in [0, 0.05) is 24.7 Å². The maximum atomic E-state index is 12.9. The fraction of sp³-hybridized carbons (Fsp3) is 0.368. The zero-order chi connectivity index (χ0) is 20.9. The minimum Gasteiger partial charge on any atom is -0.497 e. The van der Waals surface area contributed by atoms with Crippen LogP contribution in [0.2, 0.25) is 0 Å². The Bertz CT molecular complexity index is 895. The zero-order valence-corrected chi connectivity index (χ0v) is 16.7. The maximum absolute atomic E-state index is 12.9. The number of nitrogens with zero attached hydrogens (tertiary/aromatic N) is 1. The second-order valence-corrected chi connectivity index (χ2v) is 8.43. The molecule has 0 radical (unpaired) electrons. The number of aliphatic hydroxyl groups is 1. The number of nitro groups is 1. The predicted molar refractivity (Wildman–Crippen MR) is 105 cm³/mol. The number of nitro benzene ring substituents is 1. The Morgan fingerprint density at radius 3 is 2.11 bits per heavy atom. The summed E-state index contributed by atoms with van der Waals surface area (Å²) in [6.07, 6.45) is 0. The van der Waals surface area contributed by atoms with Crippen LogP contribution in [0.25, 0.3) is 0 Å². The first kappa shape index (κ1) is 21.8. The van der Waals surface area contributed by atoms with Crippen molar-refractivity contribution in [2.24, 2.45) is 11.8 Å². The average molecular weight is 408 g/mol. The molecule has 28 heavy (non-hydrogen) atoms. The van der Waals surface area contributed by atoms with Gasteiger partial charge in [-0.2, -0.15) is 0 Å². The minimum absolute atomic E-state index is 0.00309. The molecule has 9 heteroatoms. The van der Waals surface area contributed by atoms with E-state index in [-0.39, 0.29) is 29.0 Å². The molecule has 0 aromatic heterocycles. The molecule has 2 atom stereocenters. The summed E-state index contributed by atoms with van der Waals surface area (Å²) in [6, 6.07) is 10.9. The van der Waals surface area contributed by atoms with E-state index in [1.54, 1.807) is 24.3 Å². The van der Waals surface area contributed by atoms with Crippen LogP contribution in [-0.4, -0.2) is 32.2 Å². The lowest BCUT2D eigenvalue weighted by Gasteiger charge is -2.30. The van der Waals surface area contributed by atoms with E-state index in [1.807, 2.05) is 13.8 Å². The van der Waals surface area contributed by atoms with Crippen LogP contribution in [0.15, 0.2) is 53.4 Å². The quantitative estimate of drug-likeness (QED) is 0.486. The van der Waals surface area contributed by atoms with Gasteiger partial charge in [0.25, 0.3) is 5.69 Å². The van der Waals surface area contributed by atoms with Crippen molar-refractivity contribution >= 4 is 15.7 Å². The SMILES string of the molecule is COc1ccc([C@@H](NS(=O)(=O)c2ccc([N+](=O)[O-])cc2)[C@H](CO)C(C)C)cc1. The molecule has 0 aliphatic carbocycles. The van der Waals surface area contributed by atoms with Gasteiger partial charge in [-0.3, -0.25) is 10.1 Å². The van der Waals surface area contributed by atoms with E-state index in [0.29, 0.717) is 11.3 Å². The zero-order valence-electron chi connectivity index (χ0n) is 15.9. The van der Waals surface area contributed by atoms with Crippen molar-refractivity contribution in [2.75, 3.05) is 13.7 Å². The number of non-ortho nitro benzene ring substituents is 1. The standard InChI is InChI=1S/C19H24N2O6S/c1-13(2)18(12-22)19(14-4-8-16(27-3)9-5-14)20-28(25,26)17-10-6-15(7-11-17)21(23)24/h4-11,13,18-20,22H,12H2,1-3H3/t18-,19-/m1/s1. The van der Waals surface area contributed by atoms with E-state index in [0.717, 1.165) is 12.1 Å². The van der Waals surface area contributed by atoms with Gasteiger partial charge < -0.3 is 9.84 Å². The van der Waals surface area contributed by atoms with E-state index in [1.165, 1.54) is 19.2 Å². The number of rotatable bonds is 9. The Balaban J connectivity index is 2.40. The Hall–Kier alpha value is -2.49. The largest absolute Gasteiger partial charge is 0.497 e. The number of hydrogen-bond acceptors (Lipinski definition) is 6. The van der Waals surface area contributed by atoms with E-state index < -0.39 is 21.0 Å². The Labute approximate surface area is 164 Å². The molecule has 0 aliphatic heterocycles. The van der Waals surface area contributed by atoms with E-state index in [4.69, 9.17) is 4.74 Å². The number of benzene rings is 2. The lowest BCUT2D eigenvalue weighted by molar-refractivity contribution is -0.384.